The molecule has 0 spiro atoms. The Bertz CT molecular complexity index is 351. The van der Waals surface area contributed by atoms with Crippen molar-refractivity contribution in [3.63, 3.8) is 0 Å². The van der Waals surface area contributed by atoms with E-state index < -0.39 is 0 Å². The minimum Gasteiger partial charge on any atom is -0.356 e. The highest BCUT2D eigenvalue weighted by Crippen LogP contribution is 2.05. The minimum absolute atomic E-state index is 0. The van der Waals surface area contributed by atoms with Crippen LogP contribution in [0, 0.1) is 0 Å². The molecule has 3 N–H and O–H groups in total. The summed E-state index contributed by atoms with van der Waals surface area (Å²) < 4.78 is 0. The summed E-state index contributed by atoms with van der Waals surface area (Å²) in [5.74, 6) is 0.815. The van der Waals surface area contributed by atoms with Gasteiger partial charge < -0.3 is 16.0 Å². The number of carbonyl (C=O) groups excluding carboxylic acids is 1. The monoisotopic (exact) mass is 455 g/mol. The highest BCUT2D eigenvalue weighted by molar-refractivity contribution is 14.0. The predicted molar refractivity (Wildman–Crippen MR) is 114 cm³/mol. The summed E-state index contributed by atoms with van der Waals surface area (Å²) >= 11 is 0. The zero-order chi connectivity index (χ0) is 17.8. The number of carbonyl (C=O) groups is 1. The highest BCUT2D eigenvalue weighted by atomic mass is 127. The van der Waals surface area contributed by atoms with E-state index in [0.29, 0.717) is 25.0 Å². The first-order chi connectivity index (χ1) is 10.8. The van der Waals surface area contributed by atoms with Gasteiger partial charge in [-0.15, -0.1) is 24.0 Å². The third-order valence-electron chi connectivity index (χ3n) is 3.53. The normalized spacial score (nSPS) is 11.9. The number of rotatable bonds is 10. The SMILES string of the molecule is CN=C(NCCCN(C(C)C)C(C)C)NCCC(=O)NC(C)C.I. The predicted octanol–water partition coefficient (Wildman–Crippen LogP) is 2.19. The lowest BCUT2D eigenvalue weighted by Gasteiger charge is -2.30. The summed E-state index contributed by atoms with van der Waals surface area (Å²) in [6.07, 6.45) is 1.51. The second-order valence-corrected chi connectivity index (χ2v) is 6.68. The van der Waals surface area contributed by atoms with Crippen LogP contribution < -0.4 is 16.0 Å². The van der Waals surface area contributed by atoms with Gasteiger partial charge in [-0.2, -0.15) is 0 Å². The summed E-state index contributed by atoms with van der Waals surface area (Å²) in [6.45, 7) is 15.4. The molecule has 0 aromatic heterocycles. The maximum Gasteiger partial charge on any atom is 0.221 e. The lowest BCUT2D eigenvalue weighted by molar-refractivity contribution is -0.121. The molecule has 0 fully saturated rings. The molecule has 0 atom stereocenters. The van der Waals surface area contributed by atoms with E-state index >= 15 is 0 Å². The molecule has 0 aromatic carbocycles. The number of aliphatic imine (C=N–C) groups is 1. The van der Waals surface area contributed by atoms with Crippen molar-refractivity contribution in [1.82, 2.24) is 20.9 Å². The van der Waals surface area contributed by atoms with E-state index in [2.05, 4.69) is 53.5 Å². The first-order valence-corrected chi connectivity index (χ1v) is 8.77. The molecule has 0 heterocycles. The second kappa shape index (κ2) is 14.7. The van der Waals surface area contributed by atoms with Crippen molar-refractivity contribution in [2.24, 2.45) is 4.99 Å². The van der Waals surface area contributed by atoms with Gasteiger partial charge in [0.05, 0.1) is 0 Å². The number of nitrogens with one attached hydrogen (secondary N) is 3. The van der Waals surface area contributed by atoms with Crippen LogP contribution in [0.25, 0.3) is 0 Å². The van der Waals surface area contributed by atoms with Crippen LogP contribution in [0.5, 0.6) is 0 Å². The maximum atomic E-state index is 11.6. The van der Waals surface area contributed by atoms with Crippen LogP contribution in [-0.4, -0.2) is 61.6 Å². The molecule has 0 aliphatic carbocycles. The molecule has 0 saturated carbocycles. The average Bonchev–Trinajstić information content (AvgIpc) is 2.43. The third-order valence-corrected chi connectivity index (χ3v) is 3.53. The van der Waals surface area contributed by atoms with E-state index in [1.165, 1.54) is 0 Å². The van der Waals surface area contributed by atoms with Gasteiger partial charge in [0.1, 0.15) is 0 Å². The Morgan fingerprint density at radius 3 is 2.00 bits per heavy atom. The van der Waals surface area contributed by atoms with E-state index in [0.717, 1.165) is 25.5 Å². The molecular formula is C17H38IN5O. The zero-order valence-electron chi connectivity index (χ0n) is 16.5. The molecule has 6 nitrogen and oxygen atoms in total. The first kappa shape index (κ1) is 25.7. The van der Waals surface area contributed by atoms with Crippen LogP contribution in [0.2, 0.25) is 0 Å². The van der Waals surface area contributed by atoms with Crippen molar-refractivity contribution in [2.75, 3.05) is 26.7 Å². The number of hydrogen-bond acceptors (Lipinski definition) is 3. The van der Waals surface area contributed by atoms with Gasteiger partial charge in [0, 0.05) is 51.2 Å². The number of nitrogens with zero attached hydrogens (tertiary/aromatic N) is 2. The highest BCUT2D eigenvalue weighted by Gasteiger charge is 2.12. The molecule has 0 aliphatic rings. The zero-order valence-corrected chi connectivity index (χ0v) is 18.8. The van der Waals surface area contributed by atoms with Crippen molar-refractivity contribution in [2.45, 2.75) is 72.5 Å². The molecule has 0 aromatic rings. The minimum atomic E-state index is 0. The van der Waals surface area contributed by atoms with Crippen LogP contribution in [0.3, 0.4) is 0 Å². The van der Waals surface area contributed by atoms with Crippen molar-refractivity contribution < 1.29 is 4.79 Å². The number of guanidine groups is 1. The number of amides is 1. The molecule has 144 valence electrons. The van der Waals surface area contributed by atoms with Gasteiger partial charge >= 0.3 is 0 Å². The Morgan fingerprint density at radius 2 is 1.54 bits per heavy atom. The van der Waals surface area contributed by atoms with Crippen LogP contribution in [-0.2, 0) is 4.79 Å². The standard InChI is InChI=1S/C17H37N5O.HI/c1-13(2)21-16(23)9-11-20-17(18-7)19-10-8-12-22(14(3)4)15(5)6;/h13-15H,8-12H2,1-7H3,(H,21,23)(H2,18,19,20);1H. The smallest absolute Gasteiger partial charge is 0.221 e. The topological polar surface area (TPSA) is 68.8 Å². The van der Waals surface area contributed by atoms with Gasteiger partial charge in [0.25, 0.3) is 0 Å². The second-order valence-electron chi connectivity index (χ2n) is 6.68. The molecule has 0 saturated heterocycles. The largest absolute Gasteiger partial charge is 0.356 e. The Morgan fingerprint density at radius 1 is 1.00 bits per heavy atom. The molecule has 0 bridgehead atoms. The Labute approximate surface area is 165 Å². The fraction of sp³-hybridized carbons (Fsp3) is 0.882. The summed E-state index contributed by atoms with van der Waals surface area (Å²) in [4.78, 5) is 18.2. The van der Waals surface area contributed by atoms with E-state index in [1.807, 2.05) is 13.8 Å². The first-order valence-electron chi connectivity index (χ1n) is 8.77. The van der Waals surface area contributed by atoms with E-state index in [9.17, 15) is 4.79 Å². The van der Waals surface area contributed by atoms with Gasteiger partial charge in [-0.1, -0.05) is 0 Å². The molecule has 7 heteroatoms. The fourth-order valence-corrected chi connectivity index (χ4v) is 2.49. The van der Waals surface area contributed by atoms with Gasteiger partial charge in [-0.3, -0.25) is 14.7 Å². The van der Waals surface area contributed by atoms with Crippen LogP contribution >= 0.6 is 24.0 Å². The Kier molecular flexibility index (Phi) is 15.8. The quantitative estimate of drug-likeness (QED) is 0.205. The third kappa shape index (κ3) is 12.8. The Hall–Kier alpha value is -0.570. The lowest BCUT2D eigenvalue weighted by Crippen LogP contribution is -2.42. The molecular weight excluding hydrogens is 417 g/mol. The van der Waals surface area contributed by atoms with Gasteiger partial charge in [0.2, 0.25) is 5.91 Å². The van der Waals surface area contributed by atoms with Crippen LogP contribution in [0.4, 0.5) is 0 Å². The summed E-state index contributed by atoms with van der Waals surface area (Å²) in [5, 5.41) is 9.34. The number of halogens is 1. The summed E-state index contributed by atoms with van der Waals surface area (Å²) in [5.41, 5.74) is 0. The molecule has 0 unspecified atom stereocenters. The van der Waals surface area contributed by atoms with Crippen molar-refractivity contribution in [3.05, 3.63) is 0 Å². The van der Waals surface area contributed by atoms with E-state index in [-0.39, 0.29) is 35.9 Å². The molecule has 1 amide bonds. The van der Waals surface area contributed by atoms with Crippen LogP contribution in [0.15, 0.2) is 4.99 Å². The lowest BCUT2D eigenvalue weighted by atomic mass is 10.2. The van der Waals surface area contributed by atoms with Gasteiger partial charge in [-0.05, 0) is 48.0 Å². The Balaban J connectivity index is 0. The summed E-state index contributed by atoms with van der Waals surface area (Å²) in [7, 11) is 1.75. The van der Waals surface area contributed by atoms with Gasteiger partial charge in [0.15, 0.2) is 5.96 Å². The van der Waals surface area contributed by atoms with Gasteiger partial charge in [-0.25, -0.2) is 0 Å². The molecule has 24 heavy (non-hydrogen) atoms. The summed E-state index contributed by atoms with van der Waals surface area (Å²) in [6, 6.07) is 1.31. The number of hydrogen-bond donors (Lipinski definition) is 3. The molecule has 0 radical (unpaired) electrons. The molecule has 0 aliphatic heterocycles. The van der Waals surface area contributed by atoms with Crippen molar-refractivity contribution in [1.29, 1.82) is 0 Å². The maximum absolute atomic E-state index is 11.6. The van der Waals surface area contributed by atoms with E-state index in [4.69, 9.17) is 0 Å². The fourth-order valence-electron chi connectivity index (χ4n) is 2.49. The van der Waals surface area contributed by atoms with Crippen molar-refractivity contribution >= 4 is 35.8 Å². The van der Waals surface area contributed by atoms with Crippen molar-refractivity contribution in [3.8, 4) is 0 Å². The average molecular weight is 455 g/mol. The molecule has 0 rings (SSSR count). The van der Waals surface area contributed by atoms with Crippen LogP contribution in [0.1, 0.15) is 54.4 Å². The van der Waals surface area contributed by atoms with E-state index in [1.54, 1.807) is 7.05 Å².